The van der Waals surface area contributed by atoms with Crippen molar-refractivity contribution in [3.05, 3.63) is 93.4 Å². The van der Waals surface area contributed by atoms with Crippen molar-refractivity contribution in [1.29, 1.82) is 0 Å². The summed E-state index contributed by atoms with van der Waals surface area (Å²) in [5.41, 5.74) is 1.38. The second kappa shape index (κ2) is 8.70. The fourth-order valence-corrected chi connectivity index (χ4v) is 2.60. The maximum absolute atomic E-state index is 12.7. The summed E-state index contributed by atoms with van der Waals surface area (Å²) in [4.78, 5) is 25.0. The quantitative estimate of drug-likeness (QED) is 0.536. The molecule has 0 radical (unpaired) electrons. The van der Waals surface area contributed by atoms with Gasteiger partial charge in [-0.1, -0.05) is 39.7 Å². The van der Waals surface area contributed by atoms with Crippen LogP contribution in [-0.2, 0) is 4.79 Å². The van der Waals surface area contributed by atoms with E-state index in [0.717, 1.165) is 10.0 Å². The van der Waals surface area contributed by atoms with Crippen molar-refractivity contribution in [2.45, 2.75) is 0 Å². The summed E-state index contributed by atoms with van der Waals surface area (Å²) in [5.74, 6) is -0.884. The Morgan fingerprint density at radius 3 is 2.33 bits per heavy atom. The van der Waals surface area contributed by atoms with Crippen LogP contribution >= 0.6 is 27.5 Å². The molecule has 0 saturated heterocycles. The van der Waals surface area contributed by atoms with Gasteiger partial charge in [-0.2, -0.15) is 0 Å². The Labute approximate surface area is 169 Å². The van der Waals surface area contributed by atoms with Gasteiger partial charge in [0.05, 0.1) is 6.26 Å². The van der Waals surface area contributed by atoms with Crippen LogP contribution in [0.5, 0.6) is 0 Å². The molecule has 2 aromatic carbocycles. The number of hydrogen-bond donors (Lipinski definition) is 2. The van der Waals surface area contributed by atoms with Gasteiger partial charge in [0.25, 0.3) is 11.8 Å². The second-order valence-electron chi connectivity index (χ2n) is 5.50. The third-order valence-corrected chi connectivity index (χ3v) is 4.30. The lowest BCUT2D eigenvalue weighted by molar-refractivity contribution is -0.113. The Morgan fingerprint density at radius 1 is 1.00 bits per heavy atom. The molecule has 1 aromatic heterocycles. The lowest BCUT2D eigenvalue weighted by Crippen LogP contribution is -2.30. The van der Waals surface area contributed by atoms with Gasteiger partial charge in [0.2, 0.25) is 0 Å². The Hall–Kier alpha value is -2.83. The molecule has 0 aliphatic heterocycles. The molecule has 2 amide bonds. The topological polar surface area (TPSA) is 71.3 Å². The van der Waals surface area contributed by atoms with E-state index in [0.29, 0.717) is 10.7 Å². The number of carbonyl (C=O) groups excluding carboxylic acids is 2. The summed E-state index contributed by atoms with van der Waals surface area (Å²) in [5, 5.41) is 5.88. The number of hydrogen-bond acceptors (Lipinski definition) is 3. The van der Waals surface area contributed by atoms with E-state index >= 15 is 0 Å². The van der Waals surface area contributed by atoms with Crippen LogP contribution in [0.4, 0.5) is 5.69 Å². The number of anilines is 1. The Morgan fingerprint density at radius 2 is 1.70 bits per heavy atom. The summed E-state index contributed by atoms with van der Waals surface area (Å²) < 4.78 is 5.99. The molecular weight excluding hydrogens is 432 g/mol. The maximum atomic E-state index is 12.7. The van der Waals surface area contributed by atoms with Crippen LogP contribution in [0.2, 0.25) is 5.02 Å². The van der Waals surface area contributed by atoms with Crippen LogP contribution in [0, 0.1) is 0 Å². The molecular formula is C20H14BrClN2O3. The zero-order valence-electron chi connectivity index (χ0n) is 13.9. The van der Waals surface area contributed by atoms with Gasteiger partial charge < -0.3 is 15.1 Å². The van der Waals surface area contributed by atoms with Crippen molar-refractivity contribution in [1.82, 2.24) is 5.32 Å². The van der Waals surface area contributed by atoms with E-state index in [9.17, 15) is 9.59 Å². The van der Waals surface area contributed by atoms with E-state index in [4.69, 9.17) is 16.0 Å². The average Bonchev–Trinajstić information content (AvgIpc) is 3.19. The minimum absolute atomic E-state index is 0.0775. The van der Waals surface area contributed by atoms with E-state index in [1.165, 1.54) is 12.3 Å². The second-order valence-corrected chi connectivity index (χ2v) is 6.85. The van der Waals surface area contributed by atoms with Crippen molar-refractivity contribution in [2.24, 2.45) is 0 Å². The van der Waals surface area contributed by atoms with Crippen LogP contribution < -0.4 is 10.6 Å². The molecule has 1 heterocycles. The van der Waals surface area contributed by atoms with Crippen molar-refractivity contribution in [3.63, 3.8) is 0 Å². The summed E-state index contributed by atoms with van der Waals surface area (Å²) >= 11 is 9.23. The number of nitrogens with one attached hydrogen (secondary N) is 2. The van der Waals surface area contributed by atoms with Crippen LogP contribution in [0.3, 0.4) is 0 Å². The SMILES string of the molecule is O=C(Nc1ccc(Cl)cc1)/C(=C\c1ccc(Br)cc1)NC(=O)c1ccco1. The molecule has 0 saturated carbocycles. The third-order valence-electron chi connectivity index (χ3n) is 3.52. The number of halogens is 2. The lowest BCUT2D eigenvalue weighted by Gasteiger charge is -2.10. The first-order valence-corrected chi connectivity index (χ1v) is 9.07. The summed E-state index contributed by atoms with van der Waals surface area (Å²) in [6, 6.07) is 17.1. The molecule has 0 unspecified atom stereocenters. The number of benzene rings is 2. The van der Waals surface area contributed by atoms with Gasteiger partial charge in [0, 0.05) is 15.2 Å². The largest absolute Gasteiger partial charge is 0.459 e. The molecule has 0 fully saturated rings. The van der Waals surface area contributed by atoms with Gasteiger partial charge in [0.1, 0.15) is 5.70 Å². The van der Waals surface area contributed by atoms with Gasteiger partial charge in [0.15, 0.2) is 5.76 Å². The molecule has 7 heteroatoms. The molecule has 3 rings (SSSR count). The summed E-state index contributed by atoms with van der Waals surface area (Å²) in [7, 11) is 0. The highest BCUT2D eigenvalue weighted by molar-refractivity contribution is 9.10. The number of carbonyl (C=O) groups is 2. The Bertz CT molecular complexity index is 965. The van der Waals surface area contributed by atoms with E-state index in [1.54, 1.807) is 36.4 Å². The van der Waals surface area contributed by atoms with Gasteiger partial charge in [-0.3, -0.25) is 9.59 Å². The normalized spacial score (nSPS) is 11.1. The van der Waals surface area contributed by atoms with E-state index in [2.05, 4.69) is 26.6 Å². The molecule has 0 atom stereocenters. The molecule has 5 nitrogen and oxygen atoms in total. The minimum Gasteiger partial charge on any atom is -0.459 e. The smallest absolute Gasteiger partial charge is 0.291 e. The summed E-state index contributed by atoms with van der Waals surface area (Å²) in [6.07, 6.45) is 2.97. The van der Waals surface area contributed by atoms with Crippen molar-refractivity contribution in [3.8, 4) is 0 Å². The minimum atomic E-state index is -0.519. The predicted molar refractivity (Wildman–Crippen MR) is 108 cm³/mol. The summed E-state index contributed by atoms with van der Waals surface area (Å²) in [6.45, 7) is 0. The standard InChI is InChI=1S/C20H14BrClN2O3/c21-14-5-3-13(4-6-14)12-17(24-20(26)18-2-1-11-27-18)19(25)23-16-9-7-15(22)8-10-16/h1-12H,(H,23,25)(H,24,26)/b17-12+. The number of rotatable bonds is 5. The van der Waals surface area contributed by atoms with Crippen molar-refractivity contribution in [2.75, 3.05) is 5.32 Å². The van der Waals surface area contributed by atoms with Crippen LogP contribution in [0.25, 0.3) is 6.08 Å². The van der Waals surface area contributed by atoms with Gasteiger partial charge in [-0.25, -0.2) is 0 Å². The first-order chi connectivity index (χ1) is 13.0. The zero-order chi connectivity index (χ0) is 19.2. The Kier molecular flexibility index (Phi) is 6.11. The molecule has 136 valence electrons. The third kappa shape index (κ3) is 5.32. The van der Waals surface area contributed by atoms with Crippen LogP contribution in [-0.4, -0.2) is 11.8 Å². The number of furan rings is 1. The van der Waals surface area contributed by atoms with Crippen LogP contribution in [0.15, 0.2) is 81.5 Å². The highest BCUT2D eigenvalue weighted by Crippen LogP contribution is 2.16. The molecule has 0 aliphatic rings. The molecule has 27 heavy (non-hydrogen) atoms. The van der Waals surface area contributed by atoms with Gasteiger partial charge in [-0.05, 0) is 60.2 Å². The van der Waals surface area contributed by atoms with E-state index in [-0.39, 0.29) is 11.5 Å². The highest BCUT2D eigenvalue weighted by atomic mass is 79.9. The monoisotopic (exact) mass is 444 g/mol. The fourth-order valence-electron chi connectivity index (χ4n) is 2.21. The molecule has 2 N–H and O–H groups in total. The highest BCUT2D eigenvalue weighted by Gasteiger charge is 2.16. The predicted octanol–water partition coefficient (Wildman–Crippen LogP) is 5.11. The van der Waals surface area contributed by atoms with Crippen molar-refractivity contribution < 1.29 is 14.0 Å². The van der Waals surface area contributed by atoms with E-state index in [1.807, 2.05) is 24.3 Å². The van der Waals surface area contributed by atoms with E-state index < -0.39 is 11.8 Å². The fraction of sp³-hybridized carbons (Fsp3) is 0. The van der Waals surface area contributed by atoms with Gasteiger partial charge >= 0.3 is 0 Å². The molecule has 0 aliphatic carbocycles. The molecule has 3 aromatic rings. The first-order valence-electron chi connectivity index (χ1n) is 7.90. The van der Waals surface area contributed by atoms with Gasteiger partial charge in [-0.15, -0.1) is 0 Å². The van der Waals surface area contributed by atoms with Crippen LogP contribution in [0.1, 0.15) is 16.1 Å². The zero-order valence-corrected chi connectivity index (χ0v) is 16.3. The molecule has 0 bridgehead atoms. The van der Waals surface area contributed by atoms with Crippen molar-refractivity contribution >= 4 is 51.1 Å². The molecule has 0 spiro atoms. The average molecular weight is 446 g/mol. The maximum Gasteiger partial charge on any atom is 0.291 e. The Balaban J connectivity index is 1.85. The first kappa shape index (κ1) is 18.9. The number of amides is 2. The lowest BCUT2D eigenvalue weighted by atomic mass is 10.2.